The number of hydrogen-bond acceptors (Lipinski definition) is 26. The van der Waals surface area contributed by atoms with Crippen molar-refractivity contribution in [2.75, 3.05) is 38.5 Å². The maximum Gasteiger partial charge on any atom is 0.329 e. The van der Waals surface area contributed by atoms with Gasteiger partial charge in [0.15, 0.2) is 11.7 Å². The number of ether oxygens (including phenoxy) is 1. The van der Waals surface area contributed by atoms with Gasteiger partial charge in [0.05, 0.1) is 57.8 Å². The molecule has 4 rings (SSSR count). The van der Waals surface area contributed by atoms with Crippen LogP contribution in [0.1, 0.15) is 159 Å². The van der Waals surface area contributed by atoms with Gasteiger partial charge in [-0.1, -0.05) is 82.7 Å². The molecular formula is C78H113N21O27. The molecular weight excluding hydrogens is 1660 g/mol. The van der Waals surface area contributed by atoms with Crippen molar-refractivity contribution in [3.05, 3.63) is 65.9 Å². The molecule has 30 N–H and O–H groups in total. The summed E-state index contributed by atoms with van der Waals surface area (Å²) in [6.07, 6.45) is -2.79. The molecule has 1 fully saturated rings. The molecule has 692 valence electrons. The number of fused-ring (bicyclic) bond motifs is 1. The maximum atomic E-state index is 15.0. The number of carboxylic acid groups (broad SMARTS) is 4. The molecule has 0 saturated carbocycles. The van der Waals surface area contributed by atoms with E-state index >= 15 is 0 Å². The highest BCUT2D eigenvalue weighted by molar-refractivity contribution is 6.05. The van der Waals surface area contributed by atoms with Crippen molar-refractivity contribution >= 4 is 147 Å². The quantitative estimate of drug-likeness (QED) is 0.00627. The van der Waals surface area contributed by atoms with E-state index in [0.717, 1.165) is 52.9 Å². The number of amides is 15. The summed E-state index contributed by atoms with van der Waals surface area (Å²) in [5.74, 6) is -31.6. The first-order chi connectivity index (χ1) is 59.5. The average Bonchev–Trinajstić information content (AvgIpc) is 1.58. The number of carbonyl (C=O) groups excluding carboxylic acids is 17. The number of benzene rings is 2. The number of H-pyrrole nitrogens is 1. The van der Waals surface area contributed by atoms with Gasteiger partial charge in [-0.15, -0.1) is 0 Å². The van der Waals surface area contributed by atoms with Crippen LogP contribution in [-0.2, 0) is 107 Å². The molecule has 4 unspecified atom stereocenters. The van der Waals surface area contributed by atoms with E-state index in [9.17, 15) is 126 Å². The first-order valence-corrected chi connectivity index (χ1v) is 40.4. The highest BCUT2D eigenvalue weighted by Gasteiger charge is 2.41. The molecule has 1 aromatic heterocycles. The predicted molar refractivity (Wildman–Crippen MR) is 441 cm³/mol. The first-order valence-electron chi connectivity index (χ1n) is 40.4. The van der Waals surface area contributed by atoms with Gasteiger partial charge in [0.2, 0.25) is 88.6 Å². The molecule has 48 heteroatoms. The van der Waals surface area contributed by atoms with Gasteiger partial charge < -0.3 is 138 Å². The van der Waals surface area contributed by atoms with Gasteiger partial charge in [0.25, 0.3) is 0 Å². The average molecular weight is 1780 g/mol. The monoisotopic (exact) mass is 1780 g/mol. The Morgan fingerprint density at radius 1 is 0.548 bits per heavy atom. The van der Waals surface area contributed by atoms with E-state index in [0.29, 0.717) is 29.3 Å². The summed E-state index contributed by atoms with van der Waals surface area (Å²) in [5, 5.41) is 91.4. The molecule has 14 atom stereocenters. The lowest BCUT2D eigenvalue weighted by Crippen LogP contribution is -2.62. The number of unbranched alkanes of at least 4 members (excludes halogenated alkanes) is 6. The Balaban J connectivity index is 1.92. The number of guanidine groups is 1. The fourth-order valence-electron chi connectivity index (χ4n) is 12.7. The number of esters is 1. The Hall–Kier alpha value is -14.0. The molecule has 0 spiro atoms. The molecule has 0 radical (unpaired) electrons. The molecule has 2 aromatic carbocycles. The molecule has 2 heterocycles. The van der Waals surface area contributed by atoms with Crippen LogP contribution >= 0.6 is 0 Å². The Labute approximate surface area is 720 Å². The number of aliphatic hydroxyl groups excluding tert-OH is 1. The summed E-state index contributed by atoms with van der Waals surface area (Å²) in [5.41, 5.74) is 23.7. The van der Waals surface area contributed by atoms with E-state index in [1.165, 1.54) is 24.3 Å². The molecule has 126 heavy (non-hydrogen) atoms. The first kappa shape index (κ1) is 104. The van der Waals surface area contributed by atoms with Crippen LogP contribution in [0.3, 0.4) is 0 Å². The van der Waals surface area contributed by atoms with Crippen molar-refractivity contribution in [3.8, 4) is 0 Å². The van der Waals surface area contributed by atoms with E-state index < -0.39 is 273 Å². The number of aromatic nitrogens is 1. The lowest BCUT2D eigenvalue weighted by molar-refractivity contribution is -0.156. The second-order valence-corrected chi connectivity index (χ2v) is 29.8. The predicted octanol–water partition coefficient (Wildman–Crippen LogP) is -6.87. The number of carbonyl (C=O) groups is 21. The minimum absolute atomic E-state index is 0.0359. The Kier molecular flexibility index (Phi) is 44.0. The summed E-state index contributed by atoms with van der Waals surface area (Å²) >= 11 is 0. The number of nitrogens with one attached hydrogen (secondary N) is 17. The highest BCUT2D eigenvalue weighted by Crippen LogP contribution is 2.22. The third-order valence-corrected chi connectivity index (χ3v) is 19.5. The smallest absolute Gasteiger partial charge is 0.329 e. The zero-order valence-electron chi connectivity index (χ0n) is 69.8. The number of ketones is 1. The van der Waals surface area contributed by atoms with Gasteiger partial charge in [-0.3, -0.25) is 101 Å². The van der Waals surface area contributed by atoms with E-state index in [1.54, 1.807) is 30.5 Å². The Bertz CT molecular complexity index is 4430. The Morgan fingerprint density at radius 2 is 1.10 bits per heavy atom. The number of para-hydroxylation sites is 2. The molecule has 1 aliphatic rings. The summed E-state index contributed by atoms with van der Waals surface area (Å²) in [6.45, 7) is 0.917. The van der Waals surface area contributed by atoms with Gasteiger partial charge in [0, 0.05) is 60.7 Å². The number of anilines is 1. The van der Waals surface area contributed by atoms with Crippen molar-refractivity contribution in [1.82, 2.24) is 84.7 Å². The number of hydrogen-bond donors (Lipinski definition) is 26. The van der Waals surface area contributed by atoms with Crippen LogP contribution in [0.25, 0.3) is 10.9 Å². The van der Waals surface area contributed by atoms with E-state index in [-0.39, 0.29) is 62.4 Å². The number of Topliss-reactive ketones (excluding diaryl/α,β-unsaturated/α-hetero) is 1. The molecule has 0 aliphatic carbocycles. The van der Waals surface area contributed by atoms with Crippen LogP contribution in [-0.4, -0.2) is 272 Å². The van der Waals surface area contributed by atoms with Crippen molar-refractivity contribution in [2.45, 2.75) is 228 Å². The zero-order valence-corrected chi connectivity index (χ0v) is 69.8. The number of nitrogens with two attached hydrogens (primary N) is 4. The number of primary amides is 1. The number of carboxylic acids is 4. The van der Waals surface area contributed by atoms with Gasteiger partial charge in [0.1, 0.15) is 72.6 Å². The second-order valence-electron chi connectivity index (χ2n) is 29.8. The fraction of sp³-hybridized carbons (Fsp3) is 0.538. The van der Waals surface area contributed by atoms with Gasteiger partial charge in [-0.25, -0.2) is 4.79 Å². The summed E-state index contributed by atoms with van der Waals surface area (Å²) in [7, 11) is 0. The van der Waals surface area contributed by atoms with Crippen LogP contribution in [0.4, 0.5) is 5.69 Å². The lowest BCUT2D eigenvalue weighted by Gasteiger charge is -2.30. The molecule has 15 amide bonds. The van der Waals surface area contributed by atoms with Crippen LogP contribution in [0.5, 0.6) is 0 Å². The fourth-order valence-corrected chi connectivity index (χ4v) is 12.7. The molecule has 48 nitrogen and oxygen atoms in total. The van der Waals surface area contributed by atoms with Crippen molar-refractivity contribution in [2.24, 2.45) is 23.1 Å². The Morgan fingerprint density at radius 3 is 1.71 bits per heavy atom. The van der Waals surface area contributed by atoms with E-state index in [2.05, 4.69) is 75.7 Å². The van der Waals surface area contributed by atoms with Crippen molar-refractivity contribution in [1.29, 1.82) is 5.41 Å². The van der Waals surface area contributed by atoms with Crippen molar-refractivity contribution < 1.29 is 131 Å². The van der Waals surface area contributed by atoms with E-state index in [1.807, 2.05) is 16.0 Å². The second kappa shape index (κ2) is 53.2. The third kappa shape index (κ3) is 37.0. The number of rotatable bonds is 41. The lowest BCUT2D eigenvalue weighted by atomic mass is 9.96. The van der Waals surface area contributed by atoms with Gasteiger partial charge >= 0.3 is 29.8 Å². The number of aliphatic hydroxyl groups is 1. The minimum atomic E-state index is -2.51. The van der Waals surface area contributed by atoms with Crippen LogP contribution in [0, 0.1) is 11.3 Å². The minimum Gasteiger partial charge on any atom is -0.481 e. The molecule has 0 bridgehead atoms. The van der Waals surface area contributed by atoms with Gasteiger partial charge in [-0.2, -0.15) is 0 Å². The normalized spacial score (nSPS) is 20.5. The largest absolute Gasteiger partial charge is 0.481 e. The zero-order chi connectivity index (χ0) is 94.0. The van der Waals surface area contributed by atoms with E-state index in [4.69, 9.17) is 33.1 Å². The van der Waals surface area contributed by atoms with Crippen LogP contribution in [0.15, 0.2) is 54.7 Å². The highest BCUT2D eigenvalue weighted by atomic mass is 16.5. The SMILES string of the molecule is CCCCCCCCCC(=O)N[C@@H](Cc1c[nH]c2ccccc12)C(=O)N[C@@H](CC(N)=O)C(=O)N[C@@H](CC(=O)O)C(=O)NC1C(=O)NCC(=O)N[C@@H](CCCNC(=O)[C@@H](N)CCCNC(=N)N)C(=O)NC(CC(=O)O)C(=O)N[C@H](C)C(=O)N[C@@H](CC(=O)O)C(=O)NCC(=O)N[C@H](CO)C(=O)NC([C@H](C)CC(=O)O)C(=O)N[C@@H](CC(=O)c2ccccc2N)C(=O)OC1C. The topological polar surface area (TPSA) is 793 Å². The summed E-state index contributed by atoms with van der Waals surface area (Å²) in [6, 6.07) is -12.4. The maximum absolute atomic E-state index is 15.0. The van der Waals surface area contributed by atoms with Crippen molar-refractivity contribution in [3.63, 3.8) is 0 Å². The summed E-state index contributed by atoms with van der Waals surface area (Å²) in [4.78, 5) is 292. The number of nitrogen functional groups attached to an aromatic ring is 1. The van der Waals surface area contributed by atoms with Gasteiger partial charge in [-0.05, 0) is 75.6 Å². The standard InChI is InChI=1S/C78H113N21O27/c1-5-6-7-8-9-10-11-24-57(103)91-48(28-41-34-86-46-22-15-13-18-42(41)46)71(119)94-49(30-56(81)102)72(120)96-52(33-63(112)113)73(121)99-65-40(4)126-77(125)53(29-55(101)43-19-12-14-20-44(43)79)97-76(124)64(38(2)27-60(106)107)98-74(122)54(37-100)92-59(105)35-87-68(116)50(31-61(108)109)93-66(114)39(3)89-70(118)51(32-62(110)111)95-69(117)47(90-58(104)36-88-75(65)123)23-17-25-84-67(115)45(80)21-16-26-85-78(82)83/h12-15,18-20,22,34,38-40,45,47-54,64-65,86,100H,5-11,16-17,21,23-33,35-37,79-80H2,1-4H3,(H2,81,102)(H,84,115)(H,87,116)(H,88,123)(H,89,118)(H,90,104)(H,91,103)(H,92,105)(H,93,114)(H,94,119)(H,95,117)(H,96,120)(H,97,124)(H,98,122)(H,99,121)(H,106,107)(H,108,109)(H,110,111)(H,112,113)(H4,82,83,85)/t38-,39-,40?,45+,47+,48+,49+,50+,51?,52+,53+,54-,64?,65?/m1/s1. The van der Waals surface area contributed by atoms with Crippen LogP contribution in [0.2, 0.25) is 0 Å². The number of aliphatic carboxylic acids is 4. The molecule has 1 saturated heterocycles. The molecule has 1 aliphatic heterocycles. The number of cyclic esters (lactones) is 1. The third-order valence-electron chi connectivity index (χ3n) is 19.5. The molecule has 3 aromatic rings. The van der Waals surface area contributed by atoms with Crippen LogP contribution < -0.4 is 103 Å². The number of aromatic amines is 1. The summed E-state index contributed by atoms with van der Waals surface area (Å²) < 4.78 is 5.71.